The Balaban J connectivity index is 2.04. The molecule has 0 aliphatic rings. The van der Waals surface area contributed by atoms with E-state index in [-0.39, 0.29) is 28.0 Å². The quantitative estimate of drug-likeness (QED) is 0.393. The highest BCUT2D eigenvalue weighted by atomic mass is 35.5. The highest BCUT2D eigenvalue weighted by molar-refractivity contribution is 7.92. The summed E-state index contributed by atoms with van der Waals surface area (Å²) in [5.74, 6) is -0.395. The molecule has 7 nitrogen and oxygen atoms in total. The summed E-state index contributed by atoms with van der Waals surface area (Å²) in [5, 5.41) is 9.55. The predicted octanol–water partition coefficient (Wildman–Crippen LogP) is 6.08. The van der Waals surface area contributed by atoms with Crippen LogP contribution in [-0.2, 0) is 16.6 Å². The largest absolute Gasteiger partial charge is 0.487 e. The number of carboxylic acid groups (broad SMARTS) is 1. The molecule has 33 heavy (non-hydrogen) atoms. The van der Waals surface area contributed by atoms with Gasteiger partial charge in [-0.1, -0.05) is 29.3 Å². The second-order valence-electron chi connectivity index (χ2n) is 7.73. The molecule has 0 aliphatic heterocycles. The van der Waals surface area contributed by atoms with E-state index < -0.39 is 22.0 Å². The number of nitrogens with zero attached hydrogens (tertiary/aromatic N) is 1. The topological polar surface area (TPSA) is 97.0 Å². The predicted molar refractivity (Wildman–Crippen MR) is 127 cm³/mol. The molecule has 10 heteroatoms. The van der Waals surface area contributed by atoms with Gasteiger partial charge in [0.25, 0.3) is 10.0 Å². The second kappa shape index (κ2) is 9.67. The fourth-order valence-electron chi connectivity index (χ4n) is 3.22. The van der Waals surface area contributed by atoms with E-state index in [4.69, 9.17) is 37.5 Å². The minimum atomic E-state index is -4.04. The lowest BCUT2D eigenvalue weighted by atomic mass is 10.1. The van der Waals surface area contributed by atoms with E-state index >= 15 is 0 Å². The highest BCUT2D eigenvalue weighted by Gasteiger charge is 2.33. The van der Waals surface area contributed by atoms with E-state index in [0.29, 0.717) is 27.6 Å². The van der Waals surface area contributed by atoms with Gasteiger partial charge in [0.2, 0.25) is 5.09 Å². The number of hydrogen-bond acceptors (Lipinski definition) is 5. The summed E-state index contributed by atoms with van der Waals surface area (Å²) in [4.78, 5) is 11.1. The van der Waals surface area contributed by atoms with Gasteiger partial charge in [-0.2, -0.15) is 8.42 Å². The van der Waals surface area contributed by atoms with Crippen molar-refractivity contribution in [3.8, 4) is 5.75 Å². The third kappa shape index (κ3) is 5.29. The molecule has 0 radical (unpaired) electrons. The molecular formula is C23H23Cl2NO6S. The molecule has 0 bridgehead atoms. The first kappa shape index (κ1) is 25.0. The summed E-state index contributed by atoms with van der Waals surface area (Å²) in [5.41, 5.74) is 1.54. The third-order valence-corrected chi connectivity index (χ3v) is 7.48. The summed E-state index contributed by atoms with van der Waals surface area (Å²) in [7, 11) is -4.04. The summed E-state index contributed by atoms with van der Waals surface area (Å²) < 4.78 is 39.4. The number of halogens is 2. The molecule has 0 aliphatic carbocycles. The number of rotatable bonds is 8. The molecule has 0 atom stereocenters. The zero-order valence-electron chi connectivity index (χ0n) is 18.4. The molecule has 0 saturated heterocycles. The molecule has 1 heterocycles. The monoisotopic (exact) mass is 511 g/mol. The number of aromatic carboxylic acids is 1. The molecule has 0 amide bonds. The fourth-order valence-corrected chi connectivity index (χ4v) is 5.24. The van der Waals surface area contributed by atoms with Crippen LogP contribution in [0.2, 0.25) is 10.0 Å². The lowest BCUT2D eigenvalue weighted by Gasteiger charge is -2.29. The molecule has 0 saturated carbocycles. The minimum Gasteiger partial charge on any atom is -0.487 e. The smallest absolute Gasteiger partial charge is 0.335 e. The van der Waals surface area contributed by atoms with Crippen molar-refractivity contribution in [2.45, 2.75) is 45.4 Å². The van der Waals surface area contributed by atoms with Gasteiger partial charge in [0, 0.05) is 27.7 Å². The van der Waals surface area contributed by atoms with Crippen LogP contribution in [0.4, 0.5) is 5.69 Å². The maximum Gasteiger partial charge on any atom is 0.335 e. The van der Waals surface area contributed by atoms with Gasteiger partial charge in [0.1, 0.15) is 18.1 Å². The normalized spacial score (nSPS) is 11.6. The number of aryl methyl sites for hydroxylation is 2. The summed E-state index contributed by atoms with van der Waals surface area (Å²) in [6, 6.07) is 10.00. The van der Waals surface area contributed by atoms with E-state index in [0.717, 1.165) is 0 Å². The number of furan rings is 1. The SMILES string of the molecule is Cc1ccc(S(=O)(=O)N(c2cc(C)c(Cl)cc2OCc2ccc(C(=O)O)cc2Cl)C(C)C)o1. The first-order valence-electron chi connectivity index (χ1n) is 9.97. The van der Waals surface area contributed by atoms with Gasteiger partial charge in [-0.15, -0.1) is 0 Å². The van der Waals surface area contributed by atoms with Crippen LogP contribution in [0.3, 0.4) is 0 Å². The van der Waals surface area contributed by atoms with Gasteiger partial charge in [0.05, 0.1) is 11.3 Å². The van der Waals surface area contributed by atoms with Crippen molar-refractivity contribution in [2.75, 3.05) is 4.31 Å². The molecule has 176 valence electrons. The van der Waals surface area contributed by atoms with Gasteiger partial charge in [0.15, 0.2) is 0 Å². The summed E-state index contributed by atoms with van der Waals surface area (Å²) >= 11 is 12.5. The Kier molecular flexibility index (Phi) is 7.31. The Bertz CT molecular complexity index is 1300. The van der Waals surface area contributed by atoms with Crippen molar-refractivity contribution >= 4 is 44.9 Å². The zero-order chi connectivity index (χ0) is 24.5. The van der Waals surface area contributed by atoms with Crippen LogP contribution in [0.5, 0.6) is 5.75 Å². The van der Waals surface area contributed by atoms with Crippen molar-refractivity contribution in [1.29, 1.82) is 0 Å². The van der Waals surface area contributed by atoms with Crippen molar-refractivity contribution in [1.82, 2.24) is 0 Å². The Labute approximate surface area is 202 Å². The number of anilines is 1. The van der Waals surface area contributed by atoms with Crippen molar-refractivity contribution in [2.24, 2.45) is 0 Å². The number of carboxylic acids is 1. The van der Waals surface area contributed by atoms with E-state index in [9.17, 15) is 13.2 Å². The molecule has 0 unspecified atom stereocenters. The van der Waals surface area contributed by atoms with Crippen molar-refractivity contribution in [3.63, 3.8) is 0 Å². The molecule has 1 N–H and O–H groups in total. The van der Waals surface area contributed by atoms with Crippen LogP contribution in [-0.4, -0.2) is 25.5 Å². The fraction of sp³-hybridized carbons (Fsp3) is 0.261. The van der Waals surface area contributed by atoms with Gasteiger partial charge in [-0.25, -0.2) is 4.79 Å². The van der Waals surface area contributed by atoms with E-state index in [1.165, 1.54) is 22.5 Å². The molecule has 0 fully saturated rings. The Morgan fingerprint density at radius 3 is 2.33 bits per heavy atom. The number of sulfonamides is 1. The Morgan fingerprint density at radius 1 is 1.09 bits per heavy atom. The first-order chi connectivity index (χ1) is 15.4. The van der Waals surface area contributed by atoms with Crippen LogP contribution < -0.4 is 9.04 Å². The molecule has 0 spiro atoms. The molecule has 2 aromatic carbocycles. The summed E-state index contributed by atoms with van der Waals surface area (Å²) in [6.45, 7) is 6.88. The molecule has 3 rings (SSSR count). The van der Waals surface area contributed by atoms with E-state index in [1.54, 1.807) is 52.0 Å². The van der Waals surface area contributed by atoms with Crippen molar-refractivity contribution in [3.05, 3.63) is 75.0 Å². The zero-order valence-corrected chi connectivity index (χ0v) is 20.8. The lowest BCUT2D eigenvalue weighted by molar-refractivity contribution is 0.0697. The Morgan fingerprint density at radius 2 is 1.79 bits per heavy atom. The van der Waals surface area contributed by atoms with E-state index in [1.807, 2.05) is 0 Å². The number of benzene rings is 2. The number of ether oxygens (including phenoxy) is 1. The maximum absolute atomic E-state index is 13.4. The van der Waals surface area contributed by atoms with Crippen LogP contribution in [0, 0.1) is 13.8 Å². The lowest BCUT2D eigenvalue weighted by Crippen LogP contribution is -2.37. The average molecular weight is 512 g/mol. The second-order valence-corrected chi connectivity index (χ2v) is 10.3. The molecule has 1 aromatic heterocycles. The standard InChI is InChI=1S/C23H23Cl2NO6S/c1-13(2)26(33(29,30)22-8-5-15(4)32-22)20-9-14(3)18(24)11-21(20)31-12-17-7-6-16(23(27)28)10-19(17)25/h5-11,13H,12H2,1-4H3,(H,27,28). The first-order valence-corrected chi connectivity index (χ1v) is 12.2. The van der Waals surface area contributed by atoms with Crippen LogP contribution in [0.15, 0.2) is 52.0 Å². The Hall–Kier alpha value is -2.68. The third-order valence-electron chi connectivity index (χ3n) is 4.86. The number of carbonyl (C=O) groups is 1. The average Bonchev–Trinajstić information content (AvgIpc) is 3.17. The van der Waals surface area contributed by atoms with E-state index in [2.05, 4.69) is 0 Å². The van der Waals surface area contributed by atoms with Crippen LogP contribution >= 0.6 is 23.2 Å². The summed E-state index contributed by atoms with van der Waals surface area (Å²) in [6.07, 6.45) is 0. The molecule has 3 aromatic rings. The number of hydrogen-bond donors (Lipinski definition) is 1. The molecular weight excluding hydrogens is 489 g/mol. The van der Waals surface area contributed by atoms with Gasteiger partial charge in [-0.3, -0.25) is 4.31 Å². The highest BCUT2D eigenvalue weighted by Crippen LogP contribution is 2.39. The van der Waals surface area contributed by atoms with Gasteiger partial charge >= 0.3 is 5.97 Å². The van der Waals surface area contributed by atoms with Crippen LogP contribution in [0.1, 0.15) is 41.1 Å². The van der Waals surface area contributed by atoms with Crippen LogP contribution in [0.25, 0.3) is 0 Å². The minimum absolute atomic E-state index is 0.0308. The van der Waals surface area contributed by atoms with Gasteiger partial charge < -0.3 is 14.3 Å². The maximum atomic E-state index is 13.4. The van der Waals surface area contributed by atoms with Crippen molar-refractivity contribution < 1.29 is 27.5 Å². The van der Waals surface area contributed by atoms with Gasteiger partial charge in [-0.05, 0) is 63.6 Å².